The van der Waals surface area contributed by atoms with Crippen LogP contribution in [0.4, 0.5) is 11.5 Å². The van der Waals surface area contributed by atoms with Crippen molar-refractivity contribution >= 4 is 11.5 Å². The smallest absolute Gasteiger partial charge is 0.242 e. The number of aromatic nitrogens is 2. The lowest BCUT2D eigenvalue weighted by Gasteiger charge is -2.17. The summed E-state index contributed by atoms with van der Waals surface area (Å²) in [4.78, 5) is 8.19. The maximum Gasteiger partial charge on any atom is 0.242 e. The number of hydrogen-bond acceptors (Lipinski definition) is 5. The summed E-state index contributed by atoms with van der Waals surface area (Å²) in [5, 5.41) is 3.25. The summed E-state index contributed by atoms with van der Waals surface area (Å²) in [5.74, 6) is 2.30. The first-order valence-electron chi connectivity index (χ1n) is 6.53. The highest BCUT2D eigenvalue weighted by Crippen LogP contribution is 2.25. The van der Waals surface area contributed by atoms with Crippen LogP contribution in [0.5, 0.6) is 5.88 Å². The van der Waals surface area contributed by atoms with Crippen molar-refractivity contribution in [3.05, 3.63) is 6.33 Å². The molecule has 0 saturated carbocycles. The van der Waals surface area contributed by atoms with Gasteiger partial charge in [-0.05, 0) is 18.3 Å². The van der Waals surface area contributed by atoms with Gasteiger partial charge in [-0.3, -0.25) is 0 Å². The first-order chi connectivity index (χ1) is 8.56. The Morgan fingerprint density at radius 3 is 2.67 bits per heavy atom. The van der Waals surface area contributed by atoms with E-state index in [9.17, 15) is 0 Å². The Kier molecular flexibility index (Phi) is 5.68. The highest BCUT2D eigenvalue weighted by molar-refractivity contribution is 5.66. The topological polar surface area (TPSA) is 73.1 Å². The number of nitrogens with zero attached hydrogens (tertiary/aromatic N) is 2. The van der Waals surface area contributed by atoms with Crippen molar-refractivity contribution in [3.63, 3.8) is 0 Å². The molecule has 1 aromatic heterocycles. The Hall–Kier alpha value is -1.52. The van der Waals surface area contributed by atoms with Gasteiger partial charge in [0.05, 0.1) is 6.61 Å². The van der Waals surface area contributed by atoms with Gasteiger partial charge in [0.25, 0.3) is 0 Å². The van der Waals surface area contributed by atoms with Crippen LogP contribution in [0.1, 0.15) is 34.1 Å². The molecule has 0 saturated heterocycles. The van der Waals surface area contributed by atoms with Gasteiger partial charge in [0, 0.05) is 6.54 Å². The molecule has 1 unspecified atom stereocenters. The molecule has 102 valence electrons. The van der Waals surface area contributed by atoms with Crippen LogP contribution in [-0.4, -0.2) is 23.1 Å². The minimum Gasteiger partial charge on any atom is -0.476 e. The first-order valence-corrected chi connectivity index (χ1v) is 6.53. The summed E-state index contributed by atoms with van der Waals surface area (Å²) in [6.07, 6.45) is 2.40. The molecule has 0 radical (unpaired) electrons. The van der Waals surface area contributed by atoms with E-state index < -0.39 is 0 Å². The van der Waals surface area contributed by atoms with Gasteiger partial charge < -0.3 is 15.8 Å². The standard InChI is InChI=1S/C13H24N4O/c1-5-6-18-13-11(14)12(16-8-17-13)15-7-10(4)9(2)3/h8-10H,5-7,14H2,1-4H3,(H,15,16,17). The minimum atomic E-state index is 0.464. The zero-order chi connectivity index (χ0) is 13.5. The molecule has 0 spiro atoms. The number of anilines is 2. The number of ether oxygens (including phenoxy) is 1. The van der Waals surface area contributed by atoms with Crippen molar-refractivity contribution in [1.82, 2.24) is 9.97 Å². The molecule has 18 heavy (non-hydrogen) atoms. The average Bonchev–Trinajstić information content (AvgIpc) is 2.35. The Balaban J connectivity index is 2.65. The molecule has 1 atom stereocenters. The second-order valence-corrected chi connectivity index (χ2v) is 4.89. The summed E-state index contributed by atoms with van der Waals surface area (Å²) in [6.45, 7) is 10.1. The number of nitrogen functional groups attached to an aromatic ring is 1. The van der Waals surface area contributed by atoms with Gasteiger partial charge in [-0.1, -0.05) is 27.7 Å². The van der Waals surface area contributed by atoms with E-state index in [1.807, 2.05) is 6.92 Å². The zero-order valence-corrected chi connectivity index (χ0v) is 11.7. The second-order valence-electron chi connectivity index (χ2n) is 4.89. The molecule has 5 nitrogen and oxygen atoms in total. The number of nitrogens with two attached hydrogens (primary N) is 1. The fraction of sp³-hybridized carbons (Fsp3) is 0.692. The lowest BCUT2D eigenvalue weighted by molar-refractivity contribution is 0.306. The molecule has 5 heteroatoms. The van der Waals surface area contributed by atoms with E-state index in [-0.39, 0.29) is 0 Å². The molecular formula is C13H24N4O. The lowest BCUT2D eigenvalue weighted by atomic mass is 9.98. The average molecular weight is 252 g/mol. The van der Waals surface area contributed by atoms with Gasteiger partial charge in [0.2, 0.25) is 5.88 Å². The lowest BCUT2D eigenvalue weighted by Crippen LogP contribution is -2.18. The van der Waals surface area contributed by atoms with Crippen LogP contribution in [0.25, 0.3) is 0 Å². The largest absolute Gasteiger partial charge is 0.476 e. The summed E-state index contributed by atoms with van der Waals surface area (Å²) in [5.41, 5.74) is 6.46. The van der Waals surface area contributed by atoms with Gasteiger partial charge >= 0.3 is 0 Å². The second kappa shape index (κ2) is 7.03. The molecule has 0 aliphatic heterocycles. The SMILES string of the molecule is CCCOc1ncnc(NCC(C)C(C)C)c1N. The number of rotatable bonds is 7. The molecule has 1 aromatic rings. The normalized spacial score (nSPS) is 12.5. The van der Waals surface area contributed by atoms with Crippen LogP contribution in [0.3, 0.4) is 0 Å². The van der Waals surface area contributed by atoms with Crippen LogP contribution in [0.15, 0.2) is 6.33 Å². The minimum absolute atomic E-state index is 0.464. The number of nitrogens with one attached hydrogen (secondary N) is 1. The van der Waals surface area contributed by atoms with Crippen LogP contribution in [0.2, 0.25) is 0 Å². The fourth-order valence-electron chi connectivity index (χ4n) is 1.33. The molecule has 0 amide bonds. The van der Waals surface area contributed by atoms with Crippen LogP contribution in [0, 0.1) is 11.8 Å². The van der Waals surface area contributed by atoms with Crippen molar-refractivity contribution < 1.29 is 4.74 Å². The van der Waals surface area contributed by atoms with Gasteiger partial charge in [0.1, 0.15) is 12.0 Å². The first kappa shape index (κ1) is 14.5. The van der Waals surface area contributed by atoms with E-state index in [1.165, 1.54) is 6.33 Å². The Morgan fingerprint density at radius 1 is 1.33 bits per heavy atom. The predicted octanol–water partition coefficient (Wildman–Crippen LogP) is 2.55. The molecule has 1 heterocycles. The Morgan fingerprint density at radius 2 is 2.06 bits per heavy atom. The summed E-state index contributed by atoms with van der Waals surface area (Å²) >= 11 is 0. The molecular weight excluding hydrogens is 228 g/mol. The third-order valence-corrected chi connectivity index (χ3v) is 3.02. The molecule has 0 fully saturated rings. The van der Waals surface area contributed by atoms with Crippen molar-refractivity contribution in [2.45, 2.75) is 34.1 Å². The third-order valence-electron chi connectivity index (χ3n) is 3.02. The zero-order valence-electron chi connectivity index (χ0n) is 11.7. The van der Waals surface area contributed by atoms with Crippen LogP contribution >= 0.6 is 0 Å². The van der Waals surface area contributed by atoms with Gasteiger partial charge in [0.15, 0.2) is 5.82 Å². The van der Waals surface area contributed by atoms with E-state index in [1.54, 1.807) is 0 Å². The molecule has 0 aliphatic rings. The molecule has 0 bridgehead atoms. The van der Waals surface area contributed by atoms with Crippen molar-refractivity contribution in [2.24, 2.45) is 11.8 Å². The molecule has 3 N–H and O–H groups in total. The summed E-state index contributed by atoms with van der Waals surface area (Å²) in [6, 6.07) is 0. The van der Waals surface area contributed by atoms with Crippen LogP contribution < -0.4 is 15.8 Å². The van der Waals surface area contributed by atoms with E-state index in [0.717, 1.165) is 13.0 Å². The van der Waals surface area contributed by atoms with E-state index >= 15 is 0 Å². The quantitative estimate of drug-likeness (QED) is 0.780. The van der Waals surface area contributed by atoms with Gasteiger partial charge in [-0.15, -0.1) is 0 Å². The monoisotopic (exact) mass is 252 g/mol. The molecule has 0 aliphatic carbocycles. The predicted molar refractivity (Wildman–Crippen MR) is 74.7 cm³/mol. The van der Waals surface area contributed by atoms with E-state index in [2.05, 4.69) is 36.1 Å². The Bertz CT molecular complexity index is 368. The van der Waals surface area contributed by atoms with E-state index in [0.29, 0.717) is 35.8 Å². The Labute approximate surface area is 109 Å². The fourth-order valence-corrected chi connectivity index (χ4v) is 1.33. The maximum atomic E-state index is 5.97. The highest BCUT2D eigenvalue weighted by Gasteiger charge is 2.11. The summed E-state index contributed by atoms with van der Waals surface area (Å²) in [7, 11) is 0. The van der Waals surface area contributed by atoms with Crippen LogP contribution in [-0.2, 0) is 0 Å². The van der Waals surface area contributed by atoms with E-state index in [4.69, 9.17) is 10.5 Å². The number of hydrogen-bond donors (Lipinski definition) is 2. The summed E-state index contributed by atoms with van der Waals surface area (Å²) < 4.78 is 5.46. The maximum absolute atomic E-state index is 5.97. The van der Waals surface area contributed by atoms with Crippen molar-refractivity contribution in [2.75, 3.05) is 24.2 Å². The molecule has 1 rings (SSSR count). The molecule has 0 aromatic carbocycles. The van der Waals surface area contributed by atoms with Crippen molar-refractivity contribution in [3.8, 4) is 5.88 Å². The third kappa shape index (κ3) is 4.05. The van der Waals surface area contributed by atoms with Gasteiger partial charge in [-0.2, -0.15) is 4.98 Å². The van der Waals surface area contributed by atoms with Gasteiger partial charge in [-0.25, -0.2) is 4.98 Å². The van der Waals surface area contributed by atoms with Crippen molar-refractivity contribution in [1.29, 1.82) is 0 Å². The highest BCUT2D eigenvalue weighted by atomic mass is 16.5.